The summed E-state index contributed by atoms with van der Waals surface area (Å²) in [6, 6.07) is 0. The highest BCUT2D eigenvalue weighted by molar-refractivity contribution is 5.89. The Labute approximate surface area is 84.2 Å². The first kappa shape index (κ1) is 10.9. The van der Waals surface area contributed by atoms with Crippen LogP contribution < -0.4 is 10.9 Å². The van der Waals surface area contributed by atoms with E-state index in [0.717, 1.165) is 0 Å². The van der Waals surface area contributed by atoms with Gasteiger partial charge in [-0.2, -0.15) is 0 Å². The average molecular weight is 211 g/mol. The summed E-state index contributed by atoms with van der Waals surface area (Å²) in [5.41, 5.74) is -1.17. The smallest absolute Gasteiger partial charge is 0.343 e. The predicted molar refractivity (Wildman–Crippen MR) is 50.9 cm³/mol. The topological polar surface area (TPSA) is 112 Å². The Morgan fingerprint density at radius 1 is 1.47 bits per heavy atom. The molecule has 1 amide bonds. The van der Waals surface area contributed by atoms with Gasteiger partial charge in [0.05, 0.1) is 5.69 Å². The number of carboxylic acids is 1. The van der Waals surface area contributed by atoms with Gasteiger partial charge in [-0.3, -0.25) is 19.9 Å². The van der Waals surface area contributed by atoms with E-state index in [1.165, 1.54) is 13.8 Å². The fraction of sp³-hybridized carbons (Fsp3) is 0.250. The number of nitrogens with one attached hydrogen (secondary N) is 2. The number of nitrogens with zero attached hydrogens (tertiary/aromatic N) is 1. The van der Waals surface area contributed by atoms with Gasteiger partial charge in [0.15, 0.2) is 0 Å². The molecule has 80 valence electrons. The first-order valence-electron chi connectivity index (χ1n) is 4.03. The molecule has 0 aliphatic carbocycles. The molecule has 1 aromatic heterocycles. The molecule has 0 aliphatic rings. The molecule has 0 saturated heterocycles. The van der Waals surface area contributed by atoms with Gasteiger partial charge in [-0.1, -0.05) is 0 Å². The number of aromatic nitrogens is 2. The Kier molecular flexibility index (Phi) is 2.84. The van der Waals surface area contributed by atoms with Crippen LogP contribution >= 0.6 is 0 Å². The Hall–Kier alpha value is -2.18. The molecule has 15 heavy (non-hydrogen) atoms. The van der Waals surface area contributed by atoms with Crippen molar-refractivity contribution in [1.29, 1.82) is 0 Å². The molecule has 3 N–H and O–H groups in total. The second-order valence-corrected chi connectivity index (χ2v) is 2.86. The molecule has 7 nitrogen and oxygen atoms in total. The highest BCUT2D eigenvalue weighted by Crippen LogP contribution is 2.02. The van der Waals surface area contributed by atoms with E-state index in [1.807, 2.05) is 0 Å². The Morgan fingerprint density at radius 3 is 2.47 bits per heavy atom. The van der Waals surface area contributed by atoms with Gasteiger partial charge in [-0.05, 0) is 6.92 Å². The van der Waals surface area contributed by atoms with Crippen LogP contribution in [0.15, 0.2) is 4.79 Å². The summed E-state index contributed by atoms with van der Waals surface area (Å²) in [7, 11) is 0. The third-order valence-electron chi connectivity index (χ3n) is 1.61. The summed E-state index contributed by atoms with van der Waals surface area (Å²) < 4.78 is 0. The number of aromatic carboxylic acids is 1. The predicted octanol–water partition coefficient (Wildman–Crippen LogP) is -0.265. The molecule has 0 bridgehead atoms. The van der Waals surface area contributed by atoms with Crippen molar-refractivity contribution in [1.82, 2.24) is 9.97 Å². The van der Waals surface area contributed by atoms with E-state index in [2.05, 4.69) is 15.3 Å². The summed E-state index contributed by atoms with van der Waals surface area (Å²) in [6.45, 7) is 2.63. The van der Waals surface area contributed by atoms with E-state index in [9.17, 15) is 14.4 Å². The molecular weight excluding hydrogens is 202 g/mol. The molecule has 1 aromatic rings. The van der Waals surface area contributed by atoms with E-state index in [1.54, 1.807) is 0 Å². The molecule has 0 spiro atoms. The molecule has 1 rings (SSSR count). The zero-order chi connectivity index (χ0) is 11.6. The standard InChI is InChI=1S/C8H9N3O4/c1-3-5(7(14)15)6(13)11-8(9-3)10-4(2)12/h1-2H3,(H,14,15)(H2,9,10,11,12,13). The molecule has 7 heteroatoms. The number of anilines is 1. The second kappa shape index (κ2) is 3.91. The second-order valence-electron chi connectivity index (χ2n) is 2.86. The summed E-state index contributed by atoms with van der Waals surface area (Å²) >= 11 is 0. The molecule has 0 saturated carbocycles. The molecule has 0 radical (unpaired) electrons. The number of carbonyl (C=O) groups excluding carboxylic acids is 1. The Bertz CT molecular complexity index is 477. The average Bonchev–Trinajstić information content (AvgIpc) is 1.99. The Morgan fingerprint density at radius 2 is 2.07 bits per heavy atom. The lowest BCUT2D eigenvalue weighted by Gasteiger charge is -2.03. The van der Waals surface area contributed by atoms with Gasteiger partial charge in [-0.15, -0.1) is 0 Å². The highest BCUT2D eigenvalue weighted by atomic mass is 16.4. The minimum atomic E-state index is -1.35. The number of amides is 1. The van der Waals surface area contributed by atoms with Crippen LogP contribution in [0.1, 0.15) is 23.0 Å². The number of rotatable bonds is 2. The van der Waals surface area contributed by atoms with Crippen molar-refractivity contribution in [3.63, 3.8) is 0 Å². The number of hydrogen-bond acceptors (Lipinski definition) is 4. The zero-order valence-corrected chi connectivity index (χ0v) is 8.12. The van der Waals surface area contributed by atoms with E-state index >= 15 is 0 Å². The van der Waals surface area contributed by atoms with Crippen LogP contribution in [-0.4, -0.2) is 27.0 Å². The Balaban J connectivity index is 3.26. The monoisotopic (exact) mass is 211 g/mol. The van der Waals surface area contributed by atoms with Crippen LogP contribution in [0.25, 0.3) is 0 Å². The van der Waals surface area contributed by atoms with Gasteiger partial charge in [-0.25, -0.2) is 9.78 Å². The van der Waals surface area contributed by atoms with Crippen LogP contribution in [0.2, 0.25) is 0 Å². The van der Waals surface area contributed by atoms with Gasteiger partial charge in [0.25, 0.3) is 5.56 Å². The lowest BCUT2D eigenvalue weighted by atomic mass is 10.2. The maximum Gasteiger partial charge on any atom is 0.343 e. The van der Waals surface area contributed by atoms with Crippen molar-refractivity contribution < 1.29 is 14.7 Å². The minimum absolute atomic E-state index is 0.0509. The number of carboxylic acid groups (broad SMARTS) is 1. The van der Waals surface area contributed by atoms with Crippen LogP contribution in [0.4, 0.5) is 5.95 Å². The zero-order valence-electron chi connectivity index (χ0n) is 8.12. The highest BCUT2D eigenvalue weighted by Gasteiger charge is 2.14. The summed E-state index contributed by atoms with van der Waals surface area (Å²) in [5, 5.41) is 10.9. The number of H-pyrrole nitrogens is 1. The van der Waals surface area contributed by atoms with Crippen LogP contribution in [0.5, 0.6) is 0 Å². The molecule has 0 aliphatic heterocycles. The molecule has 0 fully saturated rings. The summed E-state index contributed by atoms with van der Waals surface area (Å²) in [4.78, 5) is 38.4. The quantitative estimate of drug-likeness (QED) is 0.623. The van der Waals surface area contributed by atoms with Gasteiger partial charge in [0, 0.05) is 6.92 Å². The van der Waals surface area contributed by atoms with Crippen molar-refractivity contribution in [2.45, 2.75) is 13.8 Å². The van der Waals surface area contributed by atoms with E-state index in [4.69, 9.17) is 5.11 Å². The summed E-state index contributed by atoms with van der Waals surface area (Å²) in [5.74, 6) is -1.81. The largest absolute Gasteiger partial charge is 0.477 e. The summed E-state index contributed by atoms with van der Waals surface area (Å²) in [6.07, 6.45) is 0. The van der Waals surface area contributed by atoms with Crippen LogP contribution in [-0.2, 0) is 4.79 Å². The number of hydrogen-bond donors (Lipinski definition) is 3. The van der Waals surface area contributed by atoms with E-state index < -0.39 is 23.0 Å². The van der Waals surface area contributed by atoms with Crippen molar-refractivity contribution in [3.05, 3.63) is 21.6 Å². The molecule has 0 atom stereocenters. The van der Waals surface area contributed by atoms with Crippen LogP contribution in [0.3, 0.4) is 0 Å². The minimum Gasteiger partial charge on any atom is -0.477 e. The van der Waals surface area contributed by atoms with Gasteiger partial charge >= 0.3 is 5.97 Å². The number of aryl methyl sites for hydroxylation is 1. The first-order valence-corrected chi connectivity index (χ1v) is 4.03. The number of aromatic amines is 1. The van der Waals surface area contributed by atoms with Crippen LogP contribution in [0, 0.1) is 6.92 Å². The fourth-order valence-corrected chi connectivity index (χ4v) is 1.06. The third-order valence-corrected chi connectivity index (χ3v) is 1.61. The molecular formula is C8H9N3O4. The van der Waals surface area contributed by atoms with Gasteiger partial charge in [0.2, 0.25) is 11.9 Å². The lowest BCUT2D eigenvalue weighted by Crippen LogP contribution is -2.23. The van der Waals surface area contributed by atoms with Crippen molar-refractivity contribution in [3.8, 4) is 0 Å². The van der Waals surface area contributed by atoms with E-state index in [0.29, 0.717) is 0 Å². The van der Waals surface area contributed by atoms with Gasteiger partial charge < -0.3 is 5.11 Å². The maximum atomic E-state index is 11.3. The SMILES string of the molecule is CC(=O)Nc1nc(C)c(C(=O)O)c(=O)[nH]1. The first-order chi connectivity index (χ1) is 6.91. The van der Waals surface area contributed by atoms with Crippen molar-refractivity contribution in [2.24, 2.45) is 0 Å². The normalized spacial score (nSPS) is 9.73. The van der Waals surface area contributed by atoms with Crippen molar-refractivity contribution >= 4 is 17.8 Å². The lowest BCUT2D eigenvalue weighted by molar-refractivity contribution is -0.114. The van der Waals surface area contributed by atoms with Gasteiger partial charge in [0.1, 0.15) is 5.56 Å². The molecule has 0 aromatic carbocycles. The van der Waals surface area contributed by atoms with E-state index in [-0.39, 0.29) is 11.6 Å². The number of carbonyl (C=O) groups is 2. The molecule has 1 heterocycles. The fourth-order valence-electron chi connectivity index (χ4n) is 1.06. The maximum absolute atomic E-state index is 11.3. The van der Waals surface area contributed by atoms with Crippen molar-refractivity contribution in [2.75, 3.05) is 5.32 Å². The third kappa shape index (κ3) is 2.39. The molecule has 0 unspecified atom stereocenters.